The molecule has 1 aromatic heterocycles. The largest absolute Gasteiger partial charge is 0.408 e. The summed E-state index contributed by atoms with van der Waals surface area (Å²) in [5, 5.41) is 6.08. The number of urea groups is 1. The summed E-state index contributed by atoms with van der Waals surface area (Å²) in [4.78, 5) is 13.4. The van der Waals surface area contributed by atoms with Gasteiger partial charge in [0.15, 0.2) is 0 Å². The van der Waals surface area contributed by atoms with Gasteiger partial charge in [-0.1, -0.05) is 0 Å². The quantitative estimate of drug-likeness (QED) is 0.925. The molecule has 1 aliphatic heterocycles. The molecule has 1 saturated heterocycles. The zero-order chi connectivity index (χ0) is 15.5. The van der Waals surface area contributed by atoms with Crippen LogP contribution in [0, 0.1) is 5.92 Å². The van der Waals surface area contributed by atoms with Crippen LogP contribution in [0.4, 0.5) is 23.7 Å². The van der Waals surface area contributed by atoms with Crippen molar-refractivity contribution in [2.75, 3.05) is 32.1 Å². The third-order valence-corrected chi connectivity index (χ3v) is 3.13. The molecule has 0 bridgehead atoms. The minimum absolute atomic E-state index is 0.235. The maximum atomic E-state index is 12.2. The molecule has 9 heteroatoms. The van der Waals surface area contributed by atoms with Gasteiger partial charge in [-0.2, -0.15) is 18.3 Å². The standard InChI is InChI=1S/C12H17F3N4O2/c1-18(5-9-2-3-21-7-9)11(20)17-10-4-16-19(6-10)8-12(13,14)15/h4,6,9H,2-3,5,7-8H2,1H3,(H,17,20). The maximum absolute atomic E-state index is 12.2. The van der Waals surface area contributed by atoms with Crippen LogP contribution in [-0.4, -0.2) is 53.7 Å². The second-order valence-electron chi connectivity index (χ2n) is 5.08. The first-order valence-corrected chi connectivity index (χ1v) is 6.52. The van der Waals surface area contributed by atoms with E-state index < -0.39 is 12.7 Å². The average molecular weight is 306 g/mol. The first kappa shape index (κ1) is 15.6. The minimum Gasteiger partial charge on any atom is -0.381 e. The van der Waals surface area contributed by atoms with Crippen molar-refractivity contribution in [1.82, 2.24) is 14.7 Å². The third-order valence-electron chi connectivity index (χ3n) is 3.13. The Balaban J connectivity index is 1.84. The number of amides is 2. The molecule has 118 valence electrons. The molecular formula is C12H17F3N4O2. The van der Waals surface area contributed by atoms with Gasteiger partial charge in [0.2, 0.25) is 0 Å². The molecule has 21 heavy (non-hydrogen) atoms. The van der Waals surface area contributed by atoms with E-state index in [0.717, 1.165) is 17.3 Å². The summed E-state index contributed by atoms with van der Waals surface area (Å²) in [7, 11) is 1.63. The second kappa shape index (κ2) is 6.33. The van der Waals surface area contributed by atoms with Gasteiger partial charge in [0.25, 0.3) is 0 Å². The Hall–Kier alpha value is -1.77. The van der Waals surface area contributed by atoms with Crippen LogP contribution >= 0.6 is 0 Å². The molecule has 0 saturated carbocycles. The van der Waals surface area contributed by atoms with Gasteiger partial charge in [-0.3, -0.25) is 4.68 Å². The molecule has 2 rings (SSSR count). The molecule has 1 aliphatic rings. The Morgan fingerprint density at radius 1 is 1.62 bits per heavy atom. The Labute approximate surface area is 119 Å². The molecule has 2 amide bonds. The average Bonchev–Trinajstić information content (AvgIpc) is 2.99. The van der Waals surface area contributed by atoms with Crippen LogP contribution in [0.25, 0.3) is 0 Å². The Kier molecular flexibility index (Phi) is 4.71. The van der Waals surface area contributed by atoms with Crippen molar-refractivity contribution in [3.05, 3.63) is 12.4 Å². The predicted octanol–water partition coefficient (Wildman–Crippen LogP) is 1.95. The molecule has 1 unspecified atom stereocenters. The number of halogens is 3. The lowest BCUT2D eigenvalue weighted by atomic mass is 10.1. The summed E-state index contributed by atoms with van der Waals surface area (Å²) in [5.74, 6) is 0.300. The highest BCUT2D eigenvalue weighted by Crippen LogP contribution is 2.18. The lowest BCUT2D eigenvalue weighted by Gasteiger charge is -2.20. The van der Waals surface area contributed by atoms with E-state index in [1.807, 2.05) is 0 Å². The van der Waals surface area contributed by atoms with Crippen LogP contribution in [0.15, 0.2) is 12.4 Å². The SMILES string of the molecule is CN(CC1CCOC1)C(=O)Nc1cnn(CC(F)(F)F)c1. The van der Waals surface area contributed by atoms with Gasteiger partial charge < -0.3 is 15.0 Å². The third kappa shape index (κ3) is 4.92. The first-order valence-electron chi connectivity index (χ1n) is 6.52. The van der Waals surface area contributed by atoms with Crippen molar-refractivity contribution in [1.29, 1.82) is 0 Å². The van der Waals surface area contributed by atoms with Crippen LogP contribution < -0.4 is 5.32 Å². The van der Waals surface area contributed by atoms with E-state index in [1.165, 1.54) is 11.1 Å². The number of nitrogens with zero attached hydrogens (tertiary/aromatic N) is 3. The van der Waals surface area contributed by atoms with Crippen molar-refractivity contribution in [3.63, 3.8) is 0 Å². The van der Waals surface area contributed by atoms with Crippen LogP contribution in [-0.2, 0) is 11.3 Å². The highest BCUT2D eigenvalue weighted by atomic mass is 19.4. The number of rotatable bonds is 4. The van der Waals surface area contributed by atoms with Gasteiger partial charge in [-0.15, -0.1) is 0 Å². The summed E-state index contributed by atoms with van der Waals surface area (Å²) in [6, 6.07) is -0.381. The molecule has 0 radical (unpaired) electrons. The van der Waals surface area contributed by atoms with Crippen molar-refractivity contribution < 1.29 is 22.7 Å². The van der Waals surface area contributed by atoms with Gasteiger partial charge in [-0.05, 0) is 6.42 Å². The topological polar surface area (TPSA) is 59.4 Å². The minimum atomic E-state index is -4.34. The van der Waals surface area contributed by atoms with Crippen LogP contribution in [0.3, 0.4) is 0 Å². The lowest BCUT2D eigenvalue weighted by molar-refractivity contribution is -0.142. The number of carbonyl (C=O) groups is 1. The van der Waals surface area contributed by atoms with E-state index in [2.05, 4.69) is 10.4 Å². The molecule has 1 aromatic rings. The molecule has 0 aliphatic carbocycles. The number of carbonyl (C=O) groups excluding carboxylic acids is 1. The first-order chi connectivity index (χ1) is 9.83. The highest BCUT2D eigenvalue weighted by Gasteiger charge is 2.28. The summed E-state index contributed by atoms with van der Waals surface area (Å²) in [6.45, 7) is 0.687. The second-order valence-corrected chi connectivity index (χ2v) is 5.08. The number of hydrogen-bond acceptors (Lipinski definition) is 3. The van der Waals surface area contributed by atoms with Crippen LogP contribution in [0.5, 0.6) is 0 Å². The van der Waals surface area contributed by atoms with Crippen molar-refractivity contribution in [3.8, 4) is 0 Å². The zero-order valence-electron chi connectivity index (χ0n) is 11.6. The number of hydrogen-bond donors (Lipinski definition) is 1. The molecular weight excluding hydrogens is 289 g/mol. The smallest absolute Gasteiger partial charge is 0.381 e. The fourth-order valence-corrected chi connectivity index (χ4v) is 2.11. The predicted molar refractivity (Wildman–Crippen MR) is 68.9 cm³/mol. The Morgan fingerprint density at radius 3 is 3.00 bits per heavy atom. The number of nitrogens with one attached hydrogen (secondary N) is 1. The number of aromatic nitrogens is 2. The summed E-state index contributed by atoms with van der Waals surface area (Å²) < 4.78 is 42.6. The Morgan fingerprint density at radius 2 is 2.38 bits per heavy atom. The molecule has 1 fully saturated rings. The van der Waals surface area contributed by atoms with Gasteiger partial charge >= 0.3 is 12.2 Å². The molecule has 0 spiro atoms. The van der Waals surface area contributed by atoms with E-state index in [0.29, 0.717) is 25.7 Å². The summed E-state index contributed by atoms with van der Waals surface area (Å²) in [5.41, 5.74) is 0.235. The van der Waals surface area contributed by atoms with E-state index in [9.17, 15) is 18.0 Å². The van der Waals surface area contributed by atoms with E-state index in [1.54, 1.807) is 7.05 Å². The number of ether oxygens (including phenoxy) is 1. The van der Waals surface area contributed by atoms with Crippen LogP contribution in [0.2, 0.25) is 0 Å². The Bertz CT molecular complexity index is 483. The molecule has 0 aromatic carbocycles. The van der Waals surface area contributed by atoms with Gasteiger partial charge in [0, 0.05) is 32.3 Å². The summed E-state index contributed by atoms with van der Waals surface area (Å²) in [6.07, 6.45) is -1.10. The number of anilines is 1. The molecule has 2 heterocycles. The lowest BCUT2D eigenvalue weighted by Crippen LogP contribution is -2.35. The fraction of sp³-hybridized carbons (Fsp3) is 0.667. The highest BCUT2D eigenvalue weighted by molar-refractivity contribution is 5.88. The molecule has 1 N–H and O–H groups in total. The molecule has 6 nitrogen and oxygen atoms in total. The fourth-order valence-electron chi connectivity index (χ4n) is 2.11. The number of alkyl halides is 3. The van der Waals surface area contributed by atoms with E-state index in [4.69, 9.17) is 4.74 Å². The van der Waals surface area contributed by atoms with Crippen molar-refractivity contribution in [2.45, 2.75) is 19.1 Å². The van der Waals surface area contributed by atoms with Crippen molar-refractivity contribution >= 4 is 11.7 Å². The van der Waals surface area contributed by atoms with Gasteiger partial charge in [-0.25, -0.2) is 4.79 Å². The monoisotopic (exact) mass is 306 g/mol. The van der Waals surface area contributed by atoms with Gasteiger partial charge in [0.05, 0.1) is 18.5 Å². The van der Waals surface area contributed by atoms with E-state index in [-0.39, 0.29) is 11.7 Å². The zero-order valence-corrected chi connectivity index (χ0v) is 11.6. The summed E-state index contributed by atoms with van der Waals surface area (Å²) >= 11 is 0. The normalized spacial score (nSPS) is 18.8. The van der Waals surface area contributed by atoms with Gasteiger partial charge in [0.1, 0.15) is 6.54 Å². The van der Waals surface area contributed by atoms with Crippen molar-refractivity contribution in [2.24, 2.45) is 5.92 Å². The maximum Gasteiger partial charge on any atom is 0.408 e. The molecule has 1 atom stereocenters. The van der Waals surface area contributed by atoms with Crippen LogP contribution in [0.1, 0.15) is 6.42 Å². The van der Waals surface area contributed by atoms with E-state index >= 15 is 0 Å².